The van der Waals surface area contributed by atoms with E-state index in [1.165, 1.54) is 42.9 Å². The van der Waals surface area contributed by atoms with Crippen molar-refractivity contribution in [3.05, 3.63) is 82.6 Å². The van der Waals surface area contributed by atoms with E-state index in [4.69, 9.17) is 0 Å². The number of carbonyl (C=O) groups excluding carboxylic acids is 1. The van der Waals surface area contributed by atoms with Gasteiger partial charge in [0.1, 0.15) is 6.17 Å². The number of anilines is 1. The highest BCUT2D eigenvalue weighted by Crippen LogP contribution is 2.33. The van der Waals surface area contributed by atoms with Crippen molar-refractivity contribution < 1.29 is 4.79 Å². The minimum absolute atomic E-state index is 0.0308. The molecule has 4 aliphatic heterocycles. The van der Waals surface area contributed by atoms with E-state index < -0.39 is 0 Å². The summed E-state index contributed by atoms with van der Waals surface area (Å²) < 4.78 is 0. The standard InChI is InChI=1S/C29H35N5O/c1-19(2)33-14-11-21(12-15-33)20-3-6-24(7-4-20)32-26-9-10-27(34-16-13-30-28(26)34)22-5-8-25-23(17-22)18-31-29(25)35/h3-10,17,19,21,28,30,32H,11-16,18H2,1-2H3,(H,31,35). The summed E-state index contributed by atoms with van der Waals surface area (Å²) in [6, 6.07) is 15.9. The van der Waals surface area contributed by atoms with Gasteiger partial charge in [-0.15, -0.1) is 0 Å². The van der Waals surface area contributed by atoms with E-state index >= 15 is 0 Å². The van der Waals surface area contributed by atoms with E-state index in [0.717, 1.165) is 35.5 Å². The van der Waals surface area contributed by atoms with E-state index in [-0.39, 0.29) is 12.1 Å². The molecule has 0 radical (unpaired) electrons. The molecule has 0 aliphatic carbocycles. The summed E-state index contributed by atoms with van der Waals surface area (Å²) in [5.41, 5.74) is 8.01. The van der Waals surface area contributed by atoms with E-state index in [1.54, 1.807) is 0 Å². The van der Waals surface area contributed by atoms with Gasteiger partial charge < -0.3 is 20.4 Å². The van der Waals surface area contributed by atoms with E-state index in [2.05, 4.69) is 88.1 Å². The molecule has 4 aliphatic rings. The highest BCUT2D eigenvalue weighted by atomic mass is 16.1. The Morgan fingerprint density at radius 3 is 2.57 bits per heavy atom. The van der Waals surface area contributed by atoms with Crippen molar-refractivity contribution in [1.29, 1.82) is 0 Å². The molecule has 1 unspecified atom stereocenters. The Morgan fingerprint density at radius 2 is 1.80 bits per heavy atom. The van der Waals surface area contributed by atoms with Gasteiger partial charge in [-0.3, -0.25) is 10.1 Å². The smallest absolute Gasteiger partial charge is 0.251 e. The molecule has 2 saturated heterocycles. The molecule has 6 heteroatoms. The number of allylic oxidation sites excluding steroid dienone is 2. The van der Waals surface area contributed by atoms with Gasteiger partial charge >= 0.3 is 0 Å². The van der Waals surface area contributed by atoms with Crippen LogP contribution in [-0.4, -0.2) is 54.1 Å². The lowest BCUT2D eigenvalue weighted by molar-refractivity contribution is 0.0965. The molecule has 182 valence electrons. The largest absolute Gasteiger partial charge is 0.356 e. The fourth-order valence-electron chi connectivity index (χ4n) is 5.97. The average Bonchev–Trinajstić information content (AvgIpc) is 3.52. The molecule has 0 spiro atoms. The van der Waals surface area contributed by atoms with Crippen molar-refractivity contribution in [2.24, 2.45) is 0 Å². The van der Waals surface area contributed by atoms with Crippen molar-refractivity contribution >= 4 is 17.3 Å². The zero-order valence-electron chi connectivity index (χ0n) is 20.7. The second kappa shape index (κ2) is 9.17. The first-order valence-corrected chi connectivity index (χ1v) is 13.0. The summed E-state index contributed by atoms with van der Waals surface area (Å²) in [5.74, 6) is 0.701. The van der Waals surface area contributed by atoms with Gasteiger partial charge in [0.05, 0.1) is 5.70 Å². The van der Waals surface area contributed by atoms with Gasteiger partial charge in [-0.25, -0.2) is 0 Å². The van der Waals surface area contributed by atoms with Crippen LogP contribution in [0.3, 0.4) is 0 Å². The van der Waals surface area contributed by atoms with Gasteiger partial charge in [0, 0.05) is 42.6 Å². The number of piperidine rings is 1. The molecule has 1 amide bonds. The number of hydrogen-bond acceptors (Lipinski definition) is 5. The number of nitrogens with one attached hydrogen (secondary N) is 3. The first-order chi connectivity index (χ1) is 17.1. The number of likely N-dealkylation sites (tertiary alicyclic amines) is 1. The second-order valence-electron chi connectivity index (χ2n) is 10.4. The Hall–Kier alpha value is -3.09. The number of carbonyl (C=O) groups is 1. The molecule has 2 fully saturated rings. The molecule has 0 saturated carbocycles. The minimum Gasteiger partial charge on any atom is -0.356 e. The maximum atomic E-state index is 11.9. The Balaban J connectivity index is 1.17. The van der Waals surface area contributed by atoms with E-state index in [9.17, 15) is 4.79 Å². The fraction of sp³-hybridized carbons (Fsp3) is 0.414. The Labute approximate surface area is 208 Å². The van der Waals surface area contributed by atoms with Crippen molar-refractivity contribution in [2.45, 2.75) is 51.4 Å². The van der Waals surface area contributed by atoms with Crippen LogP contribution < -0.4 is 16.0 Å². The molecule has 2 aromatic rings. The SMILES string of the molecule is CC(C)N1CCC(c2ccc(NC3=CC=C(c4ccc5c(c4)CNC5=O)N4CCNC34)cc2)CC1. The number of amides is 1. The molecule has 2 aromatic carbocycles. The summed E-state index contributed by atoms with van der Waals surface area (Å²) in [6.07, 6.45) is 7.02. The first-order valence-electron chi connectivity index (χ1n) is 13.0. The summed E-state index contributed by atoms with van der Waals surface area (Å²) in [4.78, 5) is 16.9. The molecule has 0 aromatic heterocycles. The van der Waals surface area contributed by atoms with Crippen molar-refractivity contribution in [3.8, 4) is 0 Å². The number of benzene rings is 2. The van der Waals surface area contributed by atoms with Crippen LogP contribution in [-0.2, 0) is 6.54 Å². The third kappa shape index (κ3) is 4.26. The van der Waals surface area contributed by atoms with Gasteiger partial charge in [0.25, 0.3) is 5.91 Å². The van der Waals surface area contributed by atoms with Crippen LogP contribution in [0.25, 0.3) is 5.70 Å². The summed E-state index contributed by atoms with van der Waals surface area (Å²) in [5, 5.41) is 10.2. The zero-order chi connectivity index (χ0) is 23.9. The van der Waals surface area contributed by atoms with Crippen LogP contribution in [0.1, 0.15) is 59.7 Å². The molecule has 35 heavy (non-hydrogen) atoms. The van der Waals surface area contributed by atoms with Crippen LogP contribution in [0.4, 0.5) is 5.69 Å². The van der Waals surface area contributed by atoms with Crippen LogP contribution in [0.2, 0.25) is 0 Å². The molecule has 4 heterocycles. The van der Waals surface area contributed by atoms with Gasteiger partial charge in [0.15, 0.2) is 0 Å². The average molecular weight is 470 g/mol. The fourth-order valence-corrected chi connectivity index (χ4v) is 5.97. The second-order valence-corrected chi connectivity index (χ2v) is 10.4. The molecular formula is C29H35N5O. The van der Waals surface area contributed by atoms with Crippen LogP contribution in [0.5, 0.6) is 0 Å². The normalized spacial score (nSPS) is 22.5. The van der Waals surface area contributed by atoms with E-state index in [0.29, 0.717) is 18.5 Å². The lowest BCUT2D eigenvalue weighted by atomic mass is 9.89. The predicted molar refractivity (Wildman–Crippen MR) is 141 cm³/mol. The topological polar surface area (TPSA) is 59.6 Å². The number of hydrogen-bond donors (Lipinski definition) is 3. The molecule has 6 rings (SSSR count). The predicted octanol–water partition coefficient (Wildman–Crippen LogP) is 4.10. The first kappa shape index (κ1) is 22.4. The van der Waals surface area contributed by atoms with Crippen molar-refractivity contribution in [2.75, 3.05) is 31.5 Å². The summed E-state index contributed by atoms with van der Waals surface area (Å²) in [7, 11) is 0. The highest BCUT2D eigenvalue weighted by molar-refractivity contribution is 5.98. The van der Waals surface area contributed by atoms with Gasteiger partial charge in [-0.2, -0.15) is 0 Å². The Kier molecular flexibility index (Phi) is 5.86. The van der Waals surface area contributed by atoms with Gasteiger partial charge in [-0.05, 0) is 98.8 Å². The molecular weight excluding hydrogens is 434 g/mol. The lowest BCUT2D eigenvalue weighted by Gasteiger charge is -2.35. The van der Waals surface area contributed by atoms with Crippen LogP contribution in [0.15, 0.2) is 60.3 Å². The zero-order valence-corrected chi connectivity index (χ0v) is 20.7. The third-order valence-electron chi connectivity index (χ3n) is 8.04. The summed E-state index contributed by atoms with van der Waals surface area (Å²) in [6.45, 7) is 9.51. The third-order valence-corrected chi connectivity index (χ3v) is 8.04. The molecule has 1 atom stereocenters. The lowest BCUT2D eigenvalue weighted by Crippen LogP contribution is -2.40. The molecule has 0 bridgehead atoms. The van der Waals surface area contributed by atoms with Gasteiger partial charge in [-0.1, -0.05) is 18.2 Å². The number of rotatable bonds is 5. The van der Waals surface area contributed by atoms with Crippen molar-refractivity contribution in [3.63, 3.8) is 0 Å². The minimum atomic E-state index is 0.0308. The van der Waals surface area contributed by atoms with Crippen LogP contribution in [0, 0.1) is 0 Å². The Bertz CT molecular complexity index is 1170. The monoisotopic (exact) mass is 469 g/mol. The maximum absolute atomic E-state index is 11.9. The van der Waals surface area contributed by atoms with Gasteiger partial charge in [0.2, 0.25) is 0 Å². The van der Waals surface area contributed by atoms with Crippen molar-refractivity contribution in [1.82, 2.24) is 20.4 Å². The molecule has 6 nitrogen and oxygen atoms in total. The maximum Gasteiger partial charge on any atom is 0.251 e. The van der Waals surface area contributed by atoms with E-state index in [1.807, 2.05) is 6.07 Å². The number of nitrogens with zero attached hydrogens (tertiary/aromatic N) is 2. The Morgan fingerprint density at radius 1 is 1.00 bits per heavy atom. The highest BCUT2D eigenvalue weighted by Gasteiger charge is 2.32. The summed E-state index contributed by atoms with van der Waals surface area (Å²) >= 11 is 0. The quantitative estimate of drug-likeness (QED) is 0.616. The van der Waals surface area contributed by atoms with Crippen LogP contribution >= 0.6 is 0 Å². The molecule has 3 N–H and O–H groups in total. The number of fused-ring (bicyclic) bond motifs is 2.